The van der Waals surface area contributed by atoms with Crippen LogP contribution < -0.4 is 10.6 Å². The zero-order valence-electron chi connectivity index (χ0n) is 12.1. The smallest absolute Gasteiger partial charge is 0.128 e. The van der Waals surface area contributed by atoms with Crippen molar-refractivity contribution in [1.82, 2.24) is 9.88 Å². The van der Waals surface area contributed by atoms with Crippen LogP contribution in [-0.2, 0) is 0 Å². The molecule has 4 nitrogen and oxygen atoms in total. The Labute approximate surface area is 116 Å². The highest BCUT2D eigenvalue weighted by molar-refractivity contribution is 5.38. The van der Waals surface area contributed by atoms with Crippen molar-refractivity contribution in [3.05, 3.63) is 24.4 Å². The number of nitrogens with zero attached hydrogens (tertiary/aromatic N) is 3. The molecule has 0 bridgehead atoms. The summed E-state index contributed by atoms with van der Waals surface area (Å²) in [5, 5.41) is 0. The van der Waals surface area contributed by atoms with Crippen molar-refractivity contribution >= 4 is 5.82 Å². The van der Waals surface area contributed by atoms with Gasteiger partial charge in [0.05, 0.1) is 0 Å². The second-order valence-corrected chi connectivity index (χ2v) is 5.40. The van der Waals surface area contributed by atoms with Gasteiger partial charge in [0.25, 0.3) is 0 Å². The Kier molecular flexibility index (Phi) is 5.16. The number of piperazine rings is 1. The molecule has 0 radical (unpaired) electrons. The minimum Gasteiger partial charge on any atom is -0.354 e. The van der Waals surface area contributed by atoms with E-state index in [0.29, 0.717) is 12.0 Å². The molecule has 1 fully saturated rings. The third-order valence-corrected chi connectivity index (χ3v) is 4.30. The first-order chi connectivity index (χ1) is 9.26. The lowest BCUT2D eigenvalue weighted by Gasteiger charge is -2.41. The maximum absolute atomic E-state index is 5.96. The third-order valence-electron chi connectivity index (χ3n) is 4.30. The summed E-state index contributed by atoms with van der Waals surface area (Å²) in [6.45, 7) is 9.58. The van der Waals surface area contributed by atoms with Gasteiger partial charge in [-0.2, -0.15) is 0 Å². The minimum absolute atomic E-state index is 0.524. The third kappa shape index (κ3) is 3.45. The van der Waals surface area contributed by atoms with E-state index in [4.69, 9.17) is 5.73 Å². The van der Waals surface area contributed by atoms with Crippen LogP contribution in [0.15, 0.2) is 24.4 Å². The quantitative estimate of drug-likeness (QED) is 0.875. The number of pyridine rings is 1. The van der Waals surface area contributed by atoms with Crippen LogP contribution in [0.25, 0.3) is 0 Å². The Hall–Kier alpha value is -1.13. The second kappa shape index (κ2) is 6.87. The fourth-order valence-electron chi connectivity index (χ4n) is 2.84. The van der Waals surface area contributed by atoms with Gasteiger partial charge in [0.1, 0.15) is 5.82 Å². The Morgan fingerprint density at radius 3 is 2.53 bits per heavy atom. The summed E-state index contributed by atoms with van der Waals surface area (Å²) in [4.78, 5) is 9.34. The molecular formula is C15H26N4. The lowest BCUT2D eigenvalue weighted by Crippen LogP contribution is -2.54. The Bertz CT molecular complexity index is 360. The van der Waals surface area contributed by atoms with E-state index >= 15 is 0 Å². The molecule has 0 aliphatic carbocycles. The van der Waals surface area contributed by atoms with Crippen molar-refractivity contribution in [2.24, 2.45) is 11.7 Å². The molecule has 19 heavy (non-hydrogen) atoms. The van der Waals surface area contributed by atoms with E-state index < -0.39 is 0 Å². The first-order valence-corrected chi connectivity index (χ1v) is 7.36. The average molecular weight is 262 g/mol. The van der Waals surface area contributed by atoms with Crippen LogP contribution in [0.4, 0.5) is 5.82 Å². The lowest BCUT2D eigenvalue weighted by molar-refractivity contribution is 0.142. The van der Waals surface area contributed by atoms with Gasteiger partial charge in [-0.1, -0.05) is 26.3 Å². The number of hydrogen-bond acceptors (Lipinski definition) is 4. The van der Waals surface area contributed by atoms with Gasteiger partial charge >= 0.3 is 0 Å². The molecule has 1 aliphatic heterocycles. The highest BCUT2D eigenvalue weighted by Crippen LogP contribution is 2.18. The summed E-state index contributed by atoms with van der Waals surface area (Å²) >= 11 is 0. The number of aromatic nitrogens is 1. The summed E-state index contributed by atoms with van der Waals surface area (Å²) in [6.07, 6.45) is 3.06. The van der Waals surface area contributed by atoms with Crippen LogP contribution in [0.3, 0.4) is 0 Å². The molecule has 2 N–H and O–H groups in total. The molecule has 0 aromatic carbocycles. The van der Waals surface area contributed by atoms with Crippen LogP contribution in [0.1, 0.15) is 20.3 Å². The van der Waals surface area contributed by atoms with Crippen molar-refractivity contribution in [3.8, 4) is 0 Å². The summed E-state index contributed by atoms with van der Waals surface area (Å²) in [5.74, 6) is 1.77. The average Bonchev–Trinajstić information content (AvgIpc) is 2.49. The van der Waals surface area contributed by atoms with Crippen LogP contribution in [0.2, 0.25) is 0 Å². The largest absolute Gasteiger partial charge is 0.354 e. The van der Waals surface area contributed by atoms with E-state index in [9.17, 15) is 0 Å². The van der Waals surface area contributed by atoms with Crippen molar-refractivity contribution < 1.29 is 0 Å². The molecule has 1 aromatic heterocycles. The fraction of sp³-hybridized carbons (Fsp3) is 0.667. The van der Waals surface area contributed by atoms with E-state index in [2.05, 4.69) is 40.8 Å². The molecule has 0 amide bonds. The van der Waals surface area contributed by atoms with Gasteiger partial charge in [-0.15, -0.1) is 0 Å². The molecular weight excluding hydrogens is 236 g/mol. The van der Waals surface area contributed by atoms with E-state index in [1.165, 1.54) is 6.42 Å². The predicted molar refractivity (Wildman–Crippen MR) is 80.3 cm³/mol. The van der Waals surface area contributed by atoms with Crippen molar-refractivity contribution in [2.75, 3.05) is 37.6 Å². The van der Waals surface area contributed by atoms with Gasteiger partial charge in [0, 0.05) is 45.0 Å². The molecule has 2 atom stereocenters. The molecule has 1 saturated heterocycles. The molecule has 106 valence electrons. The Balaban J connectivity index is 1.91. The van der Waals surface area contributed by atoms with Gasteiger partial charge in [-0.05, 0) is 18.1 Å². The summed E-state index contributed by atoms with van der Waals surface area (Å²) < 4.78 is 0. The molecule has 2 heterocycles. The maximum Gasteiger partial charge on any atom is 0.128 e. The summed E-state index contributed by atoms with van der Waals surface area (Å²) in [7, 11) is 0. The number of anilines is 1. The summed E-state index contributed by atoms with van der Waals surface area (Å²) in [5.41, 5.74) is 5.96. The first-order valence-electron chi connectivity index (χ1n) is 7.36. The topological polar surface area (TPSA) is 45.4 Å². The SMILES string of the molecule is CCC(C)C(CN)N1CCN(c2ccccn2)CC1. The molecule has 1 aromatic rings. The number of nitrogens with two attached hydrogens (primary N) is 1. The minimum atomic E-state index is 0.524. The predicted octanol–water partition coefficient (Wildman–Crippen LogP) is 1.58. The van der Waals surface area contributed by atoms with E-state index in [1.54, 1.807) is 0 Å². The maximum atomic E-state index is 5.96. The van der Waals surface area contributed by atoms with Crippen LogP contribution in [-0.4, -0.2) is 48.6 Å². The molecule has 2 unspecified atom stereocenters. The van der Waals surface area contributed by atoms with Gasteiger partial charge in [0.2, 0.25) is 0 Å². The number of rotatable bonds is 5. The van der Waals surface area contributed by atoms with Crippen molar-refractivity contribution in [1.29, 1.82) is 0 Å². The van der Waals surface area contributed by atoms with Crippen molar-refractivity contribution in [3.63, 3.8) is 0 Å². The first kappa shape index (κ1) is 14.3. The molecule has 0 saturated carbocycles. The molecule has 1 aliphatic rings. The van der Waals surface area contributed by atoms with Gasteiger partial charge in [0.15, 0.2) is 0 Å². The number of hydrogen-bond donors (Lipinski definition) is 1. The second-order valence-electron chi connectivity index (χ2n) is 5.40. The van der Waals surface area contributed by atoms with Gasteiger partial charge < -0.3 is 10.6 Å². The highest BCUT2D eigenvalue weighted by Gasteiger charge is 2.26. The van der Waals surface area contributed by atoms with Crippen LogP contribution in [0.5, 0.6) is 0 Å². The molecule has 2 rings (SSSR count). The van der Waals surface area contributed by atoms with Gasteiger partial charge in [-0.25, -0.2) is 4.98 Å². The van der Waals surface area contributed by atoms with Crippen LogP contribution in [0, 0.1) is 5.92 Å². The van der Waals surface area contributed by atoms with Crippen molar-refractivity contribution in [2.45, 2.75) is 26.3 Å². The lowest BCUT2D eigenvalue weighted by atomic mass is 9.97. The standard InChI is InChI=1S/C15H26N4/c1-3-13(2)14(12-16)18-8-10-19(11-9-18)15-6-4-5-7-17-15/h4-7,13-14H,3,8-12,16H2,1-2H3. The zero-order chi connectivity index (χ0) is 13.7. The fourth-order valence-corrected chi connectivity index (χ4v) is 2.84. The van der Waals surface area contributed by atoms with E-state index in [1.807, 2.05) is 12.3 Å². The van der Waals surface area contributed by atoms with E-state index in [-0.39, 0.29) is 0 Å². The molecule has 4 heteroatoms. The highest BCUT2D eigenvalue weighted by atomic mass is 15.3. The molecule has 0 spiro atoms. The van der Waals surface area contributed by atoms with Gasteiger partial charge in [-0.3, -0.25) is 4.90 Å². The monoisotopic (exact) mass is 262 g/mol. The normalized spacial score (nSPS) is 20.3. The van der Waals surface area contributed by atoms with E-state index in [0.717, 1.165) is 38.5 Å². The Morgan fingerprint density at radius 1 is 1.26 bits per heavy atom. The summed E-state index contributed by atoms with van der Waals surface area (Å²) in [6, 6.07) is 6.63. The zero-order valence-corrected chi connectivity index (χ0v) is 12.1. The Morgan fingerprint density at radius 2 is 2.00 bits per heavy atom. The van der Waals surface area contributed by atoms with Crippen LogP contribution >= 0.6 is 0 Å².